The number of hydrogen-bond donors (Lipinski definition) is 2. The molecule has 0 spiro atoms. The van der Waals surface area contributed by atoms with Crippen LogP contribution in [-0.2, 0) is 16.6 Å². The molecule has 2 N–H and O–H groups in total. The number of sulfonamides is 1. The highest BCUT2D eigenvalue weighted by Gasteiger charge is 2.16. The van der Waals surface area contributed by atoms with E-state index in [1.54, 1.807) is 36.4 Å². The summed E-state index contributed by atoms with van der Waals surface area (Å²) in [5, 5.41) is 2.76. The van der Waals surface area contributed by atoms with E-state index in [4.69, 9.17) is 9.15 Å². The van der Waals surface area contributed by atoms with E-state index in [1.807, 2.05) is 6.92 Å². The number of hydrogen-bond acceptors (Lipinski definition) is 5. The summed E-state index contributed by atoms with van der Waals surface area (Å²) < 4.78 is 37.9. The maximum absolute atomic E-state index is 12.6. The van der Waals surface area contributed by atoms with E-state index in [2.05, 4.69) is 10.0 Å². The minimum atomic E-state index is -3.69. The maximum Gasteiger partial charge on any atom is 0.259 e. The SMILES string of the molecule is CCCOc1ccccc1C(=O)Nc1ccc(S(=O)(=O)NCc2ccco2)cc1. The molecule has 0 fully saturated rings. The Morgan fingerprint density at radius 3 is 2.48 bits per heavy atom. The van der Waals surface area contributed by atoms with Crippen molar-refractivity contribution in [1.82, 2.24) is 4.72 Å². The van der Waals surface area contributed by atoms with Crippen LogP contribution in [0, 0.1) is 0 Å². The second kappa shape index (κ2) is 9.40. The first-order valence-corrected chi connectivity index (χ1v) is 10.6. The van der Waals surface area contributed by atoms with Crippen LogP contribution in [0.1, 0.15) is 29.5 Å². The number of ether oxygens (including phenoxy) is 1. The van der Waals surface area contributed by atoms with Gasteiger partial charge in [0.1, 0.15) is 11.5 Å². The number of benzene rings is 2. The first-order chi connectivity index (χ1) is 14.0. The third-order valence-electron chi connectivity index (χ3n) is 4.03. The maximum atomic E-state index is 12.6. The number of furan rings is 1. The molecular weight excluding hydrogens is 392 g/mol. The van der Waals surface area contributed by atoms with Gasteiger partial charge in [-0.05, 0) is 55.0 Å². The monoisotopic (exact) mass is 414 g/mol. The van der Waals surface area contributed by atoms with Crippen LogP contribution in [0.3, 0.4) is 0 Å². The third-order valence-corrected chi connectivity index (χ3v) is 5.45. The quantitative estimate of drug-likeness (QED) is 0.555. The minimum absolute atomic E-state index is 0.0579. The third kappa shape index (κ3) is 5.46. The zero-order valence-corrected chi connectivity index (χ0v) is 16.7. The van der Waals surface area contributed by atoms with E-state index in [-0.39, 0.29) is 17.3 Å². The van der Waals surface area contributed by atoms with Crippen molar-refractivity contribution in [2.45, 2.75) is 24.8 Å². The molecule has 2 aromatic carbocycles. The highest BCUT2D eigenvalue weighted by atomic mass is 32.2. The Balaban J connectivity index is 1.67. The molecular formula is C21H22N2O5S. The van der Waals surface area contributed by atoms with E-state index >= 15 is 0 Å². The van der Waals surface area contributed by atoms with Crippen molar-refractivity contribution < 1.29 is 22.4 Å². The van der Waals surface area contributed by atoms with Gasteiger partial charge in [-0.25, -0.2) is 13.1 Å². The first-order valence-electron chi connectivity index (χ1n) is 9.15. The summed E-state index contributed by atoms with van der Waals surface area (Å²) in [4.78, 5) is 12.7. The summed E-state index contributed by atoms with van der Waals surface area (Å²) in [6.45, 7) is 2.56. The van der Waals surface area contributed by atoms with Crippen LogP contribution in [0.2, 0.25) is 0 Å². The summed E-state index contributed by atoms with van der Waals surface area (Å²) in [5.74, 6) is 0.692. The van der Waals surface area contributed by atoms with Crippen molar-refractivity contribution in [3.05, 3.63) is 78.3 Å². The van der Waals surface area contributed by atoms with E-state index in [9.17, 15) is 13.2 Å². The second-order valence-electron chi connectivity index (χ2n) is 6.23. The molecule has 0 saturated heterocycles. The number of carbonyl (C=O) groups excluding carboxylic acids is 1. The average molecular weight is 414 g/mol. The number of anilines is 1. The minimum Gasteiger partial charge on any atom is -0.493 e. The Bertz CT molecular complexity index is 1040. The largest absolute Gasteiger partial charge is 0.493 e. The van der Waals surface area contributed by atoms with Crippen molar-refractivity contribution in [2.75, 3.05) is 11.9 Å². The second-order valence-corrected chi connectivity index (χ2v) is 7.99. The molecule has 0 bridgehead atoms. The molecule has 0 aliphatic rings. The predicted octanol–water partition coefficient (Wildman–Crippen LogP) is 3.80. The van der Waals surface area contributed by atoms with Crippen LogP contribution >= 0.6 is 0 Å². The fourth-order valence-electron chi connectivity index (χ4n) is 2.57. The van der Waals surface area contributed by atoms with Gasteiger partial charge in [0.05, 0.1) is 29.9 Å². The summed E-state index contributed by atoms with van der Waals surface area (Å²) in [6, 6.07) is 16.3. The Morgan fingerprint density at radius 2 is 1.79 bits per heavy atom. The first kappa shape index (κ1) is 20.6. The van der Waals surface area contributed by atoms with Crippen molar-refractivity contribution in [3.8, 4) is 5.75 Å². The Kier molecular flexibility index (Phi) is 6.69. The van der Waals surface area contributed by atoms with Crippen LogP contribution in [0.15, 0.2) is 76.2 Å². The number of para-hydroxylation sites is 1. The highest BCUT2D eigenvalue weighted by molar-refractivity contribution is 7.89. The highest BCUT2D eigenvalue weighted by Crippen LogP contribution is 2.21. The summed E-state index contributed by atoms with van der Waals surface area (Å²) in [6.07, 6.45) is 2.31. The Hall–Kier alpha value is -3.10. The smallest absolute Gasteiger partial charge is 0.259 e. The van der Waals surface area contributed by atoms with Gasteiger partial charge in [0.25, 0.3) is 5.91 Å². The Morgan fingerprint density at radius 1 is 1.03 bits per heavy atom. The molecule has 3 aromatic rings. The molecule has 0 aliphatic heterocycles. The average Bonchev–Trinajstić information content (AvgIpc) is 3.25. The molecule has 0 aliphatic carbocycles. The van der Waals surface area contributed by atoms with Gasteiger partial charge in [0.2, 0.25) is 10.0 Å². The number of rotatable bonds is 9. The van der Waals surface area contributed by atoms with Crippen LogP contribution in [0.25, 0.3) is 0 Å². The van der Waals surface area contributed by atoms with Gasteiger partial charge in [-0.2, -0.15) is 0 Å². The van der Waals surface area contributed by atoms with Crippen LogP contribution in [0.5, 0.6) is 5.75 Å². The summed E-state index contributed by atoms with van der Waals surface area (Å²) in [5.41, 5.74) is 0.892. The lowest BCUT2D eigenvalue weighted by molar-refractivity contribution is 0.102. The zero-order chi connectivity index (χ0) is 20.7. The molecule has 8 heteroatoms. The van der Waals surface area contributed by atoms with E-state index < -0.39 is 10.0 Å². The molecule has 7 nitrogen and oxygen atoms in total. The molecule has 0 atom stereocenters. The van der Waals surface area contributed by atoms with Crippen molar-refractivity contribution in [3.63, 3.8) is 0 Å². The summed E-state index contributed by atoms with van der Waals surface area (Å²) in [7, 11) is -3.69. The number of nitrogens with one attached hydrogen (secondary N) is 2. The molecule has 1 heterocycles. The van der Waals surface area contributed by atoms with Gasteiger partial charge in [0, 0.05) is 5.69 Å². The Labute approximate surface area is 169 Å². The lowest BCUT2D eigenvalue weighted by atomic mass is 10.2. The van der Waals surface area contributed by atoms with Gasteiger partial charge in [0.15, 0.2) is 0 Å². The molecule has 29 heavy (non-hydrogen) atoms. The normalized spacial score (nSPS) is 11.2. The molecule has 0 radical (unpaired) electrons. The van der Waals surface area contributed by atoms with Gasteiger partial charge in [-0.1, -0.05) is 19.1 Å². The van der Waals surface area contributed by atoms with Crippen molar-refractivity contribution in [2.24, 2.45) is 0 Å². The standard InChI is InChI=1S/C21H22N2O5S/c1-2-13-28-20-8-4-3-7-19(20)21(24)23-16-9-11-18(12-10-16)29(25,26)22-15-17-6-5-14-27-17/h3-12,14,22H,2,13,15H2,1H3,(H,23,24). The predicted molar refractivity (Wildman–Crippen MR) is 109 cm³/mol. The van der Waals surface area contributed by atoms with E-state index in [1.165, 1.54) is 30.5 Å². The molecule has 1 aromatic heterocycles. The van der Waals surface area contributed by atoms with Gasteiger partial charge < -0.3 is 14.5 Å². The molecule has 3 rings (SSSR count). The van der Waals surface area contributed by atoms with E-state index in [0.717, 1.165) is 6.42 Å². The topological polar surface area (TPSA) is 97.6 Å². The molecule has 152 valence electrons. The van der Waals surface area contributed by atoms with Gasteiger partial charge in [-0.3, -0.25) is 4.79 Å². The van der Waals surface area contributed by atoms with Crippen LogP contribution in [0.4, 0.5) is 5.69 Å². The van der Waals surface area contributed by atoms with Gasteiger partial charge >= 0.3 is 0 Å². The number of carbonyl (C=O) groups is 1. The van der Waals surface area contributed by atoms with Gasteiger partial charge in [-0.15, -0.1) is 0 Å². The van der Waals surface area contributed by atoms with Crippen LogP contribution < -0.4 is 14.8 Å². The van der Waals surface area contributed by atoms with E-state index in [0.29, 0.717) is 29.4 Å². The lowest BCUT2D eigenvalue weighted by Gasteiger charge is -2.11. The number of amides is 1. The van der Waals surface area contributed by atoms with Crippen LogP contribution in [-0.4, -0.2) is 20.9 Å². The fourth-order valence-corrected chi connectivity index (χ4v) is 3.56. The molecule has 1 amide bonds. The van der Waals surface area contributed by atoms with Crippen molar-refractivity contribution in [1.29, 1.82) is 0 Å². The fraction of sp³-hybridized carbons (Fsp3) is 0.190. The summed E-state index contributed by atoms with van der Waals surface area (Å²) >= 11 is 0. The molecule has 0 unspecified atom stereocenters. The molecule has 0 saturated carbocycles. The van der Waals surface area contributed by atoms with Crippen molar-refractivity contribution >= 4 is 21.6 Å². The lowest BCUT2D eigenvalue weighted by Crippen LogP contribution is -2.23. The zero-order valence-electron chi connectivity index (χ0n) is 15.9.